The molecule has 1 aliphatic rings. The molecule has 112 valence electrons. The number of aliphatic imine (C=N–C) groups is 1. The SMILES string of the molecule is CCN=C(NC(C)C)NC1CC1c1ccc(Br)cc1.I. The molecule has 3 nitrogen and oxygen atoms in total. The number of rotatable bonds is 4. The van der Waals surface area contributed by atoms with Gasteiger partial charge in [-0.05, 0) is 44.9 Å². The number of halogens is 2. The van der Waals surface area contributed by atoms with Gasteiger partial charge in [0.15, 0.2) is 5.96 Å². The summed E-state index contributed by atoms with van der Waals surface area (Å²) in [5.74, 6) is 1.55. The van der Waals surface area contributed by atoms with Crippen LogP contribution in [0.5, 0.6) is 0 Å². The molecule has 0 bridgehead atoms. The fourth-order valence-electron chi connectivity index (χ4n) is 2.17. The molecule has 0 saturated heterocycles. The van der Waals surface area contributed by atoms with Gasteiger partial charge in [-0.1, -0.05) is 28.1 Å². The Bertz CT molecular complexity index is 445. The van der Waals surface area contributed by atoms with E-state index in [0.29, 0.717) is 18.0 Å². The van der Waals surface area contributed by atoms with Crippen LogP contribution in [0.4, 0.5) is 0 Å². The molecule has 0 spiro atoms. The summed E-state index contributed by atoms with van der Waals surface area (Å²) in [5, 5.41) is 6.88. The van der Waals surface area contributed by atoms with Crippen LogP contribution in [0.25, 0.3) is 0 Å². The van der Waals surface area contributed by atoms with Gasteiger partial charge >= 0.3 is 0 Å². The number of nitrogens with one attached hydrogen (secondary N) is 2. The maximum atomic E-state index is 4.47. The molecule has 2 atom stereocenters. The first-order valence-electron chi connectivity index (χ1n) is 6.93. The van der Waals surface area contributed by atoms with Gasteiger partial charge in [0.1, 0.15) is 0 Å². The summed E-state index contributed by atoms with van der Waals surface area (Å²) in [6, 6.07) is 9.53. The summed E-state index contributed by atoms with van der Waals surface area (Å²) in [5.41, 5.74) is 1.40. The van der Waals surface area contributed by atoms with Crippen LogP contribution in [0.1, 0.15) is 38.7 Å². The smallest absolute Gasteiger partial charge is 0.191 e. The Balaban J connectivity index is 0.00000200. The molecule has 20 heavy (non-hydrogen) atoms. The van der Waals surface area contributed by atoms with E-state index in [-0.39, 0.29) is 24.0 Å². The molecule has 5 heteroatoms. The normalized spacial score (nSPS) is 21.4. The molecule has 1 aliphatic carbocycles. The fourth-order valence-corrected chi connectivity index (χ4v) is 2.44. The number of hydrogen-bond acceptors (Lipinski definition) is 1. The van der Waals surface area contributed by atoms with Gasteiger partial charge in [0.2, 0.25) is 0 Å². The fraction of sp³-hybridized carbons (Fsp3) is 0.533. The molecule has 2 N–H and O–H groups in total. The molecule has 2 unspecified atom stereocenters. The van der Waals surface area contributed by atoms with Crippen LogP contribution in [0.3, 0.4) is 0 Å². The van der Waals surface area contributed by atoms with Gasteiger partial charge in [0.05, 0.1) is 0 Å². The molecule has 0 radical (unpaired) electrons. The lowest BCUT2D eigenvalue weighted by molar-refractivity contribution is 0.692. The average molecular weight is 452 g/mol. The Hall–Kier alpha value is -0.300. The third-order valence-electron chi connectivity index (χ3n) is 3.15. The summed E-state index contributed by atoms with van der Waals surface area (Å²) in [4.78, 5) is 4.47. The highest BCUT2D eigenvalue weighted by Crippen LogP contribution is 2.40. The lowest BCUT2D eigenvalue weighted by Gasteiger charge is -2.15. The highest BCUT2D eigenvalue weighted by atomic mass is 127. The summed E-state index contributed by atoms with van der Waals surface area (Å²) in [7, 11) is 0. The van der Waals surface area contributed by atoms with Crippen LogP contribution >= 0.6 is 39.9 Å². The Morgan fingerprint density at radius 3 is 2.55 bits per heavy atom. The second kappa shape index (κ2) is 8.22. The van der Waals surface area contributed by atoms with E-state index >= 15 is 0 Å². The summed E-state index contributed by atoms with van der Waals surface area (Å²) >= 11 is 3.47. The average Bonchev–Trinajstić information content (AvgIpc) is 3.09. The monoisotopic (exact) mass is 451 g/mol. The van der Waals surface area contributed by atoms with Crippen LogP contribution in [0.15, 0.2) is 33.7 Å². The van der Waals surface area contributed by atoms with E-state index < -0.39 is 0 Å². The summed E-state index contributed by atoms with van der Waals surface area (Å²) in [6.07, 6.45) is 1.18. The Morgan fingerprint density at radius 1 is 1.35 bits per heavy atom. The molecule has 1 saturated carbocycles. The zero-order valence-corrected chi connectivity index (χ0v) is 16.1. The van der Waals surface area contributed by atoms with Gasteiger partial charge in [-0.3, -0.25) is 4.99 Å². The number of benzene rings is 1. The topological polar surface area (TPSA) is 36.4 Å². The molecule has 1 fully saturated rings. The molecule has 1 aromatic carbocycles. The van der Waals surface area contributed by atoms with E-state index in [1.807, 2.05) is 0 Å². The van der Waals surface area contributed by atoms with Crippen molar-refractivity contribution in [1.29, 1.82) is 0 Å². The minimum Gasteiger partial charge on any atom is -0.354 e. The van der Waals surface area contributed by atoms with Crippen molar-refractivity contribution in [2.24, 2.45) is 4.99 Å². The molecule has 0 amide bonds. The molecule has 0 heterocycles. The van der Waals surface area contributed by atoms with Gasteiger partial charge in [-0.25, -0.2) is 0 Å². The van der Waals surface area contributed by atoms with E-state index in [9.17, 15) is 0 Å². The van der Waals surface area contributed by atoms with Crippen LogP contribution in [-0.2, 0) is 0 Å². The Kier molecular flexibility index (Phi) is 7.29. The first kappa shape index (κ1) is 17.8. The molecule has 2 rings (SSSR count). The third kappa shape index (κ3) is 5.24. The summed E-state index contributed by atoms with van der Waals surface area (Å²) < 4.78 is 1.14. The molecule has 0 aliphatic heterocycles. The first-order valence-corrected chi connectivity index (χ1v) is 7.72. The molecule has 1 aromatic rings. The zero-order valence-electron chi connectivity index (χ0n) is 12.2. The Morgan fingerprint density at radius 2 is 2.00 bits per heavy atom. The second-order valence-electron chi connectivity index (χ2n) is 5.27. The quantitative estimate of drug-likeness (QED) is 0.414. The van der Waals surface area contributed by atoms with E-state index in [1.165, 1.54) is 12.0 Å². The Labute approximate surface area is 147 Å². The maximum Gasteiger partial charge on any atom is 0.191 e. The molecular weight excluding hydrogens is 429 g/mol. The van der Waals surface area contributed by atoms with Crippen LogP contribution in [-0.4, -0.2) is 24.6 Å². The minimum atomic E-state index is 0. The zero-order chi connectivity index (χ0) is 13.8. The predicted octanol–water partition coefficient (Wildman–Crippen LogP) is 3.89. The largest absolute Gasteiger partial charge is 0.354 e. The van der Waals surface area contributed by atoms with Crippen molar-refractivity contribution in [2.45, 2.75) is 45.2 Å². The van der Waals surface area contributed by atoms with Crippen molar-refractivity contribution in [3.63, 3.8) is 0 Å². The third-order valence-corrected chi connectivity index (χ3v) is 3.68. The van der Waals surface area contributed by atoms with Gasteiger partial charge < -0.3 is 10.6 Å². The molecular formula is C15H23BrIN3. The van der Waals surface area contributed by atoms with E-state index in [1.54, 1.807) is 0 Å². The highest BCUT2D eigenvalue weighted by Gasteiger charge is 2.38. The van der Waals surface area contributed by atoms with Gasteiger partial charge in [0, 0.05) is 29.0 Å². The lowest BCUT2D eigenvalue weighted by atomic mass is 10.1. The molecule has 0 aromatic heterocycles. The van der Waals surface area contributed by atoms with Crippen molar-refractivity contribution >= 4 is 45.9 Å². The van der Waals surface area contributed by atoms with E-state index in [0.717, 1.165) is 17.0 Å². The van der Waals surface area contributed by atoms with Crippen molar-refractivity contribution in [2.75, 3.05) is 6.54 Å². The van der Waals surface area contributed by atoms with Crippen LogP contribution < -0.4 is 10.6 Å². The van der Waals surface area contributed by atoms with Gasteiger partial charge in [-0.15, -0.1) is 24.0 Å². The van der Waals surface area contributed by atoms with E-state index in [4.69, 9.17) is 0 Å². The van der Waals surface area contributed by atoms with E-state index in [2.05, 4.69) is 76.6 Å². The minimum absolute atomic E-state index is 0. The highest BCUT2D eigenvalue weighted by molar-refractivity contribution is 14.0. The lowest BCUT2D eigenvalue weighted by Crippen LogP contribution is -2.42. The summed E-state index contributed by atoms with van der Waals surface area (Å²) in [6.45, 7) is 7.12. The van der Waals surface area contributed by atoms with Crippen LogP contribution in [0, 0.1) is 0 Å². The number of hydrogen-bond donors (Lipinski definition) is 2. The van der Waals surface area contributed by atoms with Crippen molar-refractivity contribution in [1.82, 2.24) is 10.6 Å². The second-order valence-corrected chi connectivity index (χ2v) is 6.18. The van der Waals surface area contributed by atoms with Crippen molar-refractivity contribution < 1.29 is 0 Å². The first-order chi connectivity index (χ1) is 9.10. The standard InChI is InChI=1S/C15H22BrN3.HI/c1-4-17-15(18-10(2)3)19-14-9-13(14)11-5-7-12(16)8-6-11;/h5-8,10,13-14H,4,9H2,1-3H3,(H2,17,18,19);1H. The van der Waals surface area contributed by atoms with Gasteiger partial charge in [0.25, 0.3) is 0 Å². The predicted molar refractivity (Wildman–Crippen MR) is 100 cm³/mol. The number of guanidine groups is 1. The van der Waals surface area contributed by atoms with Crippen molar-refractivity contribution in [3.05, 3.63) is 34.3 Å². The van der Waals surface area contributed by atoms with Crippen molar-refractivity contribution in [3.8, 4) is 0 Å². The maximum absolute atomic E-state index is 4.47. The van der Waals surface area contributed by atoms with Crippen LogP contribution in [0.2, 0.25) is 0 Å². The number of nitrogens with zero attached hydrogens (tertiary/aromatic N) is 1. The van der Waals surface area contributed by atoms with Gasteiger partial charge in [-0.2, -0.15) is 0 Å².